The van der Waals surface area contributed by atoms with E-state index in [0.29, 0.717) is 12.6 Å². The van der Waals surface area contributed by atoms with Crippen molar-refractivity contribution < 1.29 is 4.79 Å². The first-order chi connectivity index (χ1) is 11.6. The van der Waals surface area contributed by atoms with Crippen molar-refractivity contribution in [2.24, 2.45) is 0 Å². The van der Waals surface area contributed by atoms with E-state index in [0.717, 1.165) is 19.4 Å². The molecule has 0 radical (unpaired) electrons. The molecule has 2 atom stereocenters. The third-order valence-electron chi connectivity index (χ3n) is 4.98. The first kappa shape index (κ1) is 17.2. The van der Waals surface area contributed by atoms with Crippen LogP contribution in [0.4, 0.5) is 0 Å². The molecule has 3 rings (SSSR count). The molecular formula is C20H26N2OS. The van der Waals surface area contributed by atoms with Crippen molar-refractivity contribution in [3.63, 3.8) is 0 Å². The molecule has 2 heterocycles. The second kappa shape index (κ2) is 7.49. The fourth-order valence-electron chi connectivity index (χ4n) is 3.32. The van der Waals surface area contributed by atoms with E-state index >= 15 is 0 Å². The third kappa shape index (κ3) is 3.40. The number of fused-ring (bicyclic) bond motifs is 1. The molecule has 0 unspecified atom stereocenters. The summed E-state index contributed by atoms with van der Waals surface area (Å²) in [6.07, 6.45) is 1.99. The van der Waals surface area contributed by atoms with Crippen molar-refractivity contribution in [2.75, 3.05) is 13.1 Å². The Labute approximate surface area is 148 Å². The highest BCUT2D eigenvalue weighted by atomic mass is 32.1. The quantitative estimate of drug-likeness (QED) is 0.893. The Balaban J connectivity index is 1.91. The normalized spacial score (nSPS) is 18.3. The maximum atomic E-state index is 12.9. The van der Waals surface area contributed by atoms with Crippen LogP contribution in [0.25, 0.3) is 0 Å². The van der Waals surface area contributed by atoms with Crippen molar-refractivity contribution in [3.8, 4) is 0 Å². The minimum absolute atomic E-state index is 0.0485. The zero-order chi connectivity index (χ0) is 17.1. The summed E-state index contributed by atoms with van der Waals surface area (Å²) in [7, 11) is 0. The van der Waals surface area contributed by atoms with Crippen LogP contribution in [0, 0.1) is 6.92 Å². The van der Waals surface area contributed by atoms with Crippen LogP contribution in [-0.4, -0.2) is 29.9 Å². The summed E-state index contributed by atoms with van der Waals surface area (Å²) in [5.74, 6) is 0.195. The molecule has 0 saturated carbocycles. The lowest BCUT2D eigenvalue weighted by Gasteiger charge is -2.37. The van der Waals surface area contributed by atoms with Crippen molar-refractivity contribution >= 4 is 17.2 Å². The van der Waals surface area contributed by atoms with E-state index < -0.39 is 0 Å². The summed E-state index contributed by atoms with van der Waals surface area (Å²) in [5, 5.41) is 5.50. The number of carbonyl (C=O) groups is 1. The predicted octanol–water partition coefficient (Wildman–Crippen LogP) is 3.92. The molecular weight excluding hydrogens is 316 g/mol. The highest BCUT2D eigenvalue weighted by Crippen LogP contribution is 2.38. The van der Waals surface area contributed by atoms with E-state index in [1.165, 1.54) is 21.6 Å². The number of aryl methyl sites for hydroxylation is 1. The summed E-state index contributed by atoms with van der Waals surface area (Å²) in [5.41, 5.74) is 3.79. The number of nitrogens with zero attached hydrogens (tertiary/aromatic N) is 1. The molecule has 1 aliphatic rings. The lowest BCUT2D eigenvalue weighted by atomic mass is 9.90. The molecule has 3 nitrogen and oxygen atoms in total. The minimum atomic E-state index is 0.0485. The third-order valence-corrected chi connectivity index (χ3v) is 5.98. The molecule has 0 fully saturated rings. The molecule has 1 amide bonds. The van der Waals surface area contributed by atoms with E-state index in [9.17, 15) is 4.79 Å². The number of nitrogens with one attached hydrogen (secondary N) is 1. The van der Waals surface area contributed by atoms with Crippen molar-refractivity contribution in [1.29, 1.82) is 0 Å². The van der Waals surface area contributed by atoms with Gasteiger partial charge in [0.15, 0.2) is 0 Å². The van der Waals surface area contributed by atoms with Gasteiger partial charge in [-0.15, -0.1) is 11.3 Å². The number of amides is 1. The van der Waals surface area contributed by atoms with Gasteiger partial charge in [-0.2, -0.15) is 0 Å². The highest BCUT2D eigenvalue weighted by molar-refractivity contribution is 7.10. The fourth-order valence-corrected chi connectivity index (χ4v) is 4.23. The number of hydrogen-bond acceptors (Lipinski definition) is 3. The Morgan fingerprint density at radius 1 is 1.33 bits per heavy atom. The summed E-state index contributed by atoms with van der Waals surface area (Å²) in [6, 6.07) is 11.0. The van der Waals surface area contributed by atoms with Crippen molar-refractivity contribution in [2.45, 2.75) is 45.7 Å². The van der Waals surface area contributed by atoms with Crippen LogP contribution in [0.5, 0.6) is 0 Å². The van der Waals surface area contributed by atoms with Crippen LogP contribution >= 0.6 is 11.3 Å². The van der Waals surface area contributed by atoms with Gasteiger partial charge in [0.25, 0.3) is 0 Å². The lowest BCUT2D eigenvalue weighted by molar-refractivity contribution is -0.132. The first-order valence-electron chi connectivity index (χ1n) is 8.76. The summed E-state index contributed by atoms with van der Waals surface area (Å²) >= 11 is 1.81. The van der Waals surface area contributed by atoms with E-state index in [2.05, 4.69) is 66.7 Å². The molecule has 4 heteroatoms. The molecule has 1 aromatic carbocycles. The van der Waals surface area contributed by atoms with E-state index in [4.69, 9.17) is 0 Å². The van der Waals surface area contributed by atoms with Crippen LogP contribution in [-0.2, 0) is 11.2 Å². The van der Waals surface area contributed by atoms with Gasteiger partial charge in [-0.1, -0.05) is 31.2 Å². The van der Waals surface area contributed by atoms with Crippen molar-refractivity contribution in [3.05, 3.63) is 57.3 Å². The maximum Gasteiger partial charge on any atom is 0.237 e. The van der Waals surface area contributed by atoms with E-state index in [-0.39, 0.29) is 11.9 Å². The summed E-state index contributed by atoms with van der Waals surface area (Å²) < 4.78 is 0. The van der Waals surface area contributed by atoms with Crippen molar-refractivity contribution in [1.82, 2.24) is 10.2 Å². The Hall–Kier alpha value is -1.65. The molecule has 0 spiro atoms. The average molecular weight is 343 g/mol. The van der Waals surface area contributed by atoms with Gasteiger partial charge in [-0.3, -0.25) is 4.79 Å². The monoisotopic (exact) mass is 342 g/mol. The molecule has 0 bridgehead atoms. The molecule has 24 heavy (non-hydrogen) atoms. The number of thiophene rings is 1. The fraction of sp³-hybridized carbons (Fsp3) is 0.450. The molecule has 128 valence electrons. The average Bonchev–Trinajstić information content (AvgIpc) is 3.07. The molecule has 0 aliphatic carbocycles. The second-order valence-electron chi connectivity index (χ2n) is 6.59. The lowest BCUT2D eigenvalue weighted by Crippen LogP contribution is -2.45. The molecule has 1 aliphatic heterocycles. The van der Waals surface area contributed by atoms with Crippen LogP contribution in [0.15, 0.2) is 35.7 Å². The standard InChI is InChI=1S/C20H26N2OS/c1-4-15(3)21-13-19(23)22-11-9-18-17(10-12-24-18)20(22)16-8-6-5-7-14(16)2/h5-8,10,12,15,20-21H,4,9,11,13H2,1-3H3/t15-,20-/m0/s1. The van der Waals surface area contributed by atoms with Gasteiger partial charge in [0.1, 0.15) is 0 Å². The molecule has 0 saturated heterocycles. The van der Waals surface area contributed by atoms with Gasteiger partial charge in [-0.25, -0.2) is 0 Å². The largest absolute Gasteiger partial charge is 0.330 e. The van der Waals surface area contributed by atoms with Gasteiger partial charge in [0.2, 0.25) is 5.91 Å². The van der Waals surface area contributed by atoms with Gasteiger partial charge in [0, 0.05) is 17.5 Å². The molecule has 1 N–H and O–H groups in total. The number of benzene rings is 1. The van der Waals surface area contributed by atoms with Gasteiger partial charge >= 0.3 is 0 Å². The summed E-state index contributed by atoms with van der Waals surface area (Å²) in [6.45, 7) is 7.61. The number of rotatable bonds is 5. The highest BCUT2D eigenvalue weighted by Gasteiger charge is 2.33. The Kier molecular flexibility index (Phi) is 5.36. The zero-order valence-corrected chi connectivity index (χ0v) is 15.5. The van der Waals surface area contributed by atoms with Crippen LogP contribution in [0.2, 0.25) is 0 Å². The van der Waals surface area contributed by atoms with Crippen LogP contribution < -0.4 is 5.32 Å². The van der Waals surface area contributed by atoms with E-state index in [1.54, 1.807) is 0 Å². The second-order valence-corrected chi connectivity index (χ2v) is 7.59. The molecule has 2 aromatic rings. The van der Waals surface area contributed by atoms with Crippen LogP contribution in [0.1, 0.15) is 47.9 Å². The first-order valence-corrected chi connectivity index (χ1v) is 9.64. The molecule has 1 aromatic heterocycles. The van der Waals surface area contributed by atoms with Gasteiger partial charge < -0.3 is 10.2 Å². The number of hydrogen-bond donors (Lipinski definition) is 1. The number of carbonyl (C=O) groups excluding carboxylic acids is 1. The van der Waals surface area contributed by atoms with Gasteiger partial charge in [0.05, 0.1) is 12.6 Å². The van der Waals surface area contributed by atoms with E-state index in [1.807, 2.05) is 11.3 Å². The Morgan fingerprint density at radius 2 is 2.12 bits per heavy atom. The smallest absolute Gasteiger partial charge is 0.237 e. The maximum absolute atomic E-state index is 12.9. The SMILES string of the molecule is CC[C@H](C)NCC(=O)N1CCc2sccc2[C@@H]1c1ccccc1C. The topological polar surface area (TPSA) is 32.3 Å². The van der Waals surface area contributed by atoms with Crippen LogP contribution in [0.3, 0.4) is 0 Å². The predicted molar refractivity (Wildman–Crippen MR) is 101 cm³/mol. The Bertz CT molecular complexity index is 709. The summed E-state index contributed by atoms with van der Waals surface area (Å²) in [4.78, 5) is 16.4. The zero-order valence-electron chi connectivity index (χ0n) is 14.7. The Morgan fingerprint density at radius 3 is 2.88 bits per heavy atom. The minimum Gasteiger partial charge on any atom is -0.330 e. The van der Waals surface area contributed by atoms with Gasteiger partial charge in [-0.05, 0) is 54.8 Å².